The summed E-state index contributed by atoms with van der Waals surface area (Å²) in [5.41, 5.74) is 0. The summed E-state index contributed by atoms with van der Waals surface area (Å²) in [7, 11) is 3.12. The average molecular weight is 192 g/mol. The number of nitrogens with zero attached hydrogens (tertiary/aromatic N) is 1. The second-order valence-corrected chi connectivity index (χ2v) is 2.90. The van der Waals surface area contributed by atoms with Crippen molar-refractivity contribution < 1.29 is 20.1 Å². The van der Waals surface area contributed by atoms with Crippen molar-refractivity contribution in [2.24, 2.45) is 0 Å². The highest BCUT2D eigenvalue weighted by Crippen LogP contribution is 1.90. The van der Waals surface area contributed by atoms with Crippen LogP contribution in [0.1, 0.15) is 0 Å². The molecule has 0 saturated carbocycles. The number of carbonyl (C=O) groups is 1. The van der Waals surface area contributed by atoms with Crippen molar-refractivity contribution in [1.29, 1.82) is 0 Å². The molecule has 0 aliphatic carbocycles. The van der Waals surface area contributed by atoms with Crippen molar-refractivity contribution in [3.63, 3.8) is 0 Å². The molecule has 0 aromatic rings. The standard InChI is InChI=1S/C7H16N2O4/c1-9(2)7(13)8-3-5(11)6(12)4-10/h5-6,10-12H,3-4H2,1-2H3,(H,8,13)/t5-,6+/m0/s1. The number of urea groups is 1. The Labute approximate surface area is 76.8 Å². The summed E-state index contributed by atoms with van der Waals surface area (Å²) >= 11 is 0. The minimum absolute atomic E-state index is 0.0846. The predicted octanol–water partition coefficient (Wildman–Crippen LogP) is -2.03. The Hall–Kier alpha value is -0.850. The van der Waals surface area contributed by atoms with Gasteiger partial charge in [0.1, 0.15) is 6.10 Å². The summed E-state index contributed by atoms with van der Waals surface area (Å²) in [6, 6.07) is -0.357. The molecule has 2 atom stereocenters. The van der Waals surface area contributed by atoms with E-state index >= 15 is 0 Å². The zero-order chi connectivity index (χ0) is 10.4. The van der Waals surface area contributed by atoms with Gasteiger partial charge in [0.2, 0.25) is 0 Å². The van der Waals surface area contributed by atoms with E-state index in [0.717, 1.165) is 0 Å². The SMILES string of the molecule is CN(C)C(=O)NC[C@H](O)[C@H](O)CO. The Balaban J connectivity index is 3.69. The van der Waals surface area contributed by atoms with Crippen LogP contribution in [0.5, 0.6) is 0 Å². The molecule has 0 saturated heterocycles. The van der Waals surface area contributed by atoms with E-state index in [-0.39, 0.29) is 12.6 Å². The van der Waals surface area contributed by atoms with Gasteiger partial charge in [0.25, 0.3) is 0 Å². The number of rotatable bonds is 4. The topological polar surface area (TPSA) is 93.0 Å². The van der Waals surface area contributed by atoms with Gasteiger partial charge in [-0.25, -0.2) is 4.79 Å². The molecule has 13 heavy (non-hydrogen) atoms. The van der Waals surface area contributed by atoms with Crippen LogP contribution in [0, 0.1) is 0 Å². The molecular formula is C7H16N2O4. The number of hydrogen-bond acceptors (Lipinski definition) is 4. The number of nitrogens with one attached hydrogen (secondary N) is 1. The van der Waals surface area contributed by atoms with Gasteiger partial charge in [-0.15, -0.1) is 0 Å². The third-order valence-corrected chi connectivity index (χ3v) is 1.50. The highest BCUT2D eigenvalue weighted by molar-refractivity contribution is 5.73. The zero-order valence-corrected chi connectivity index (χ0v) is 7.77. The smallest absolute Gasteiger partial charge is 0.316 e. The molecule has 0 spiro atoms. The lowest BCUT2D eigenvalue weighted by molar-refractivity contribution is -0.0119. The van der Waals surface area contributed by atoms with E-state index in [2.05, 4.69) is 5.32 Å². The number of amides is 2. The Morgan fingerprint density at radius 2 is 1.92 bits per heavy atom. The van der Waals surface area contributed by atoms with Crippen molar-refractivity contribution in [2.45, 2.75) is 12.2 Å². The first-order chi connectivity index (χ1) is 5.99. The lowest BCUT2D eigenvalue weighted by atomic mass is 10.2. The Morgan fingerprint density at radius 3 is 2.31 bits per heavy atom. The molecule has 0 fully saturated rings. The van der Waals surface area contributed by atoms with Crippen molar-refractivity contribution in [1.82, 2.24) is 10.2 Å². The van der Waals surface area contributed by atoms with Crippen LogP contribution in [-0.4, -0.2) is 65.7 Å². The maximum absolute atomic E-state index is 10.9. The third-order valence-electron chi connectivity index (χ3n) is 1.50. The first kappa shape index (κ1) is 12.2. The molecule has 6 nitrogen and oxygen atoms in total. The van der Waals surface area contributed by atoms with Gasteiger partial charge in [0, 0.05) is 20.6 Å². The first-order valence-corrected chi connectivity index (χ1v) is 3.91. The molecule has 0 radical (unpaired) electrons. The van der Waals surface area contributed by atoms with Crippen LogP contribution in [0.4, 0.5) is 4.79 Å². The summed E-state index contributed by atoms with van der Waals surface area (Å²) in [6.45, 7) is -0.613. The van der Waals surface area contributed by atoms with Crippen molar-refractivity contribution in [2.75, 3.05) is 27.2 Å². The fourth-order valence-corrected chi connectivity index (χ4v) is 0.608. The molecular weight excluding hydrogens is 176 g/mol. The quantitative estimate of drug-likeness (QED) is 0.413. The van der Waals surface area contributed by atoms with Gasteiger partial charge in [0.05, 0.1) is 12.7 Å². The largest absolute Gasteiger partial charge is 0.394 e. The lowest BCUT2D eigenvalue weighted by Gasteiger charge is -2.18. The second kappa shape index (κ2) is 5.74. The molecule has 0 rings (SSSR count). The molecule has 0 aliphatic rings. The molecule has 0 aliphatic heterocycles. The summed E-state index contributed by atoms with van der Waals surface area (Å²) in [5, 5.41) is 28.8. The van der Waals surface area contributed by atoms with E-state index in [4.69, 9.17) is 15.3 Å². The minimum Gasteiger partial charge on any atom is -0.394 e. The van der Waals surface area contributed by atoms with Gasteiger partial charge in [-0.05, 0) is 0 Å². The van der Waals surface area contributed by atoms with E-state index in [9.17, 15) is 4.79 Å². The summed E-state index contributed by atoms with van der Waals surface area (Å²) in [6.07, 6.45) is -2.36. The van der Waals surface area contributed by atoms with E-state index < -0.39 is 18.8 Å². The van der Waals surface area contributed by atoms with Gasteiger partial charge in [-0.1, -0.05) is 0 Å². The molecule has 78 valence electrons. The lowest BCUT2D eigenvalue weighted by Crippen LogP contribution is -2.43. The molecule has 4 N–H and O–H groups in total. The predicted molar refractivity (Wildman–Crippen MR) is 46.2 cm³/mol. The van der Waals surface area contributed by atoms with Crippen molar-refractivity contribution in [3.8, 4) is 0 Å². The van der Waals surface area contributed by atoms with Gasteiger partial charge >= 0.3 is 6.03 Å². The van der Waals surface area contributed by atoms with E-state index in [1.807, 2.05) is 0 Å². The van der Waals surface area contributed by atoms with E-state index in [1.165, 1.54) is 4.90 Å². The van der Waals surface area contributed by atoms with Crippen LogP contribution in [0.2, 0.25) is 0 Å². The Morgan fingerprint density at radius 1 is 1.38 bits per heavy atom. The molecule has 2 amide bonds. The third kappa shape index (κ3) is 4.66. The molecule has 0 unspecified atom stereocenters. The minimum atomic E-state index is -1.22. The number of aliphatic hydroxyl groups is 3. The van der Waals surface area contributed by atoms with Gasteiger partial charge in [-0.2, -0.15) is 0 Å². The van der Waals surface area contributed by atoms with Crippen LogP contribution < -0.4 is 5.32 Å². The summed E-state index contributed by atoms with van der Waals surface area (Å²) in [4.78, 5) is 12.2. The van der Waals surface area contributed by atoms with Gasteiger partial charge in [-0.3, -0.25) is 0 Å². The van der Waals surface area contributed by atoms with Gasteiger partial charge < -0.3 is 25.5 Å². The maximum Gasteiger partial charge on any atom is 0.316 e. The van der Waals surface area contributed by atoms with Crippen molar-refractivity contribution in [3.05, 3.63) is 0 Å². The van der Waals surface area contributed by atoms with Crippen LogP contribution in [0.15, 0.2) is 0 Å². The summed E-state index contributed by atoms with van der Waals surface area (Å²) in [5.74, 6) is 0. The Kier molecular flexibility index (Phi) is 5.36. The molecule has 0 bridgehead atoms. The normalized spacial score (nSPS) is 14.8. The number of hydrogen-bond donors (Lipinski definition) is 4. The highest BCUT2D eigenvalue weighted by atomic mass is 16.4. The number of aliphatic hydroxyl groups excluding tert-OH is 3. The van der Waals surface area contributed by atoms with Crippen molar-refractivity contribution >= 4 is 6.03 Å². The Bertz CT molecular complexity index is 163. The summed E-state index contributed by atoms with van der Waals surface area (Å²) < 4.78 is 0. The zero-order valence-electron chi connectivity index (χ0n) is 7.77. The molecule has 0 aromatic heterocycles. The number of carbonyl (C=O) groups excluding carboxylic acids is 1. The van der Waals surface area contributed by atoms with Crippen LogP contribution >= 0.6 is 0 Å². The molecule has 0 heterocycles. The van der Waals surface area contributed by atoms with E-state index in [0.29, 0.717) is 0 Å². The van der Waals surface area contributed by atoms with Crippen LogP contribution in [-0.2, 0) is 0 Å². The monoisotopic (exact) mass is 192 g/mol. The molecule has 6 heteroatoms. The fraction of sp³-hybridized carbons (Fsp3) is 0.857. The molecule has 0 aromatic carbocycles. The van der Waals surface area contributed by atoms with Crippen LogP contribution in [0.25, 0.3) is 0 Å². The highest BCUT2D eigenvalue weighted by Gasteiger charge is 2.15. The fourth-order valence-electron chi connectivity index (χ4n) is 0.608. The van der Waals surface area contributed by atoms with Crippen LogP contribution in [0.3, 0.4) is 0 Å². The second-order valence-electron chi connectivity index (χ2n) is 2.90. The van der Waals surface area contributed by atoms with Gasteiger partial charge in [0.15, 0.2) is 0 Å². The van der Waals surface area contributed by atoms with E-state index in [1.54, 1.807) is 14.1 Å². The first-order valence-electron chi connectivity index (χ1n) is 3.91. The average Bonchev–Trinajstić information content (AvgIpc) is 2.11. The maximum atomic E-state index is 10.9.